The molecule has 1 fully saturated rings. The van der Waals surface area contributed by atoms with E-state index in [0.29, 0.717) is 13.0 Å². The van der Waals surface area contributed by atoms with E-state index in [1.165, 1.54) is 0 Å². The van der Waals surface area contributed by atoms with Crippen LogP contribution in [0.3, 0.4) is 0 Å². The Bertz CT molecular complexity index is 853. The average molecular weight is 397 g/mol. The van der Waals surface area contributed by atoms with Gasteiger partial charge in [-0.1, -0.05) is 0 Å². The third kappa shape index (κ3) is 4.36. The van der Waals surface area contributed by atoms with Gasteiger partial charge in [-0.2, -0.15) is 5.10 Å². The zero-order chi connectivity index (χ0) is 20.4. The molecule has 7 nitrogen and oxygen atoms in total. The maximum absolute atomic E-state index is 13.2. The Morgan fingerprint density at radius 2 is 1.90 bits per heavy atom. The average Bonchev–Trinajstić information content (AvgIpc) is 3.37. The van der Waals surface area contributed by atoms with Crippen LogP contribution in [0, 0.1) is 0 Å². The van der Waals surface area contributed by atoms with Crippen LogP contribution in [0.25, 0.3) is 0 Å². The second-order valence-corrected chi connectivity index (χ2v) is 7.70. The number of methoxy groups -OCH3 is 1. The fourth-order valence-electron chi connectivity index (χ4n) is 4.08. The summed E-state index contributed by atoms with van der Waals surface area (Å²) in [4.78, 5) is 15.3. The predicted octanol–water partition coefficient (Wildman–Crippen LogP) is 3.08. The Hall–Kier alpha value is -2.64. The number of hydrazone groups is 1. The maximum atomic E-state index is 13.2. The molecule has 1 saturated heterocycles. The lowest BCUT2D eigenvalue weighted by Crippen LogP contribution is -2.49. The van der Waals surface area contributed by atoms with Gasteiger partial charge in [0.25, 0.3) is 5.91 Å². The number of ether oxygens (including phenoxy) is 2. The largest absolute Gasteiger partial charge is 0.497 e. The van der Waals surface area contributed by atoms with Crippen LogP contribution in [0.4, 0.5) is 0 Å². The molecule has 1 amide bonds. The Morgan fingerprint density at radius 1 is 1.17 bits per heavy atom. The molecular formula is C22H27N3O4. The van der Waals surface area contributed by atoms with Crippen molar-refractivity contribution in [1.29, 1.82) is 0 Å². The second kappa shape index (κ2) is 8.39. The summed E-state index contributed by atoms with van der Waals surface area (Å²) in [5.41, 5.74) is 1.84. The molecule has 0 unspecified atom stereocenters. The summed E-state index contributed by atoms with van der Waals surface area (Å²) in [6.07, 6.45) is 2.48. The van der Waals surface area contributed by atoms with Crippen molar-refractivity contribution in [2.45, 2.75) is 38.5 Å². The predicted molar refractivity (Wildman–Crippen MR) is 109 cm³/mol. The molecule has 29 heavy (non-hydrogen) atoms. The summed E-state index contributed by atoms with van der Waals surface area (Å²) < 4.78 is 16.6. The summed E-state index contributed by atoms with van der Waals surface area (Å²) in [6.45, 7) is 5.87. The molecule has 1 aromatic carbocycles. The number of benzene rings is 1. The van der Waals surface area contributed by atoms with Gasteiger partial charge in [-0.05, 0) is 55.8 Å². The van der Waals surface area contributed by atoms with Crippen LogP contribution in [0.2, 0.25) is 0 Å². The zero-order valence-corrected chi connectivity index (χ0v) is 17.1. The molecule has 2 aromatic rings. The summed E-state index contributed by atoms with van der Waals surface area (Å²) in [6, 6.07) is 11.3. The number of furan rings is 1. The highest BCUT2D eigenvalue weighted by molar-refractivity contribution is 6.03. The van der Waals surface area contributed by atoms with E-state index in [2.05, 4.69) is 4.90 Å². The first kappa shape index (κ1) is 19.7. The van der Waals surface area contributed by atoms with Gasteiger partial charge in [0.15, 0.2) is 0 Å². The highest BCUT2D eigenvalue weighted by atomic mass is 16.5. The SMILES string of the molecule is COc1ccc(C2=NN(C(=O)CN3C[C@@H](C)O[C@H](C)C3)[C@H](c3ccco3)C2)cc1. The summed E-state index contributed by atoms with van der Waals surface area (Å²) in [5, 5.41) is 6.28. The maximum Gasteiger partial charge on any atom is 0.257 e. The third-order valence-electron chi connectivity index (χ3n) is 5.31. The van der Waals surface area contributed by atoms with Gasteiger partial charge >= 0.3 is 0 Å². The Kier molecular flexibility index (Phi) is 5.69. The Morgan fingerprint density at radius 3 is 2.52 bits per heavy atom. The minimum Gasteiger partial charge on any atom is -0.497 e. The number of carbonyl (C=O) groups excluding carboxylic acids is 1. The number of nitrogens with zero attached hydrogens (tertiary/aromatic N) is 3. The lowest BCUT2D eigenvalue weighted by molar-refractivity contribution is -0.138. The highest BCUT2D eigenvalue weighted by Crippen LogP contribution is 2.33. The lowest BCUT2D eigenvalue weighted by Gasteiger charge is -2.35. The molecule has 154 valence electrons. The van der Waals surface area contributed by atoms with E-state index >= 15 is 0 Å². The molecule has 0 aliphatic carbocycles. The molecule has 0 bridgehead atoms. The standard InChI is InChI=1S/C22H27N3O4/c1-15-12-24(13-16(2)29-15)14-22(26)25-20(21-5-4-10-28-21)11-19(23-25)17-6-8-18(27-3)9-7-17/h4-10,15-16,20H,11-14H2,1-3H3/t15-,16-,20+/m1/s1. The Balaban J connectivity index is 1.55. The summed E-state index contributed by atoms with van der Waals surface area (Å²) in [5.74, 6) is 1.50. The molecule has 0 radical (unpaired) electrons. The second-order valence-electron chi connectivity index (χ2n) is 7.70. The molecule has 1 aromatic heterocycles. The third-order valence-corrected chi connectivity index (χ3v) is 5.31. The quantitative estimate of drug-likeness (QED) is 0.776. The fourth-order valence-corrected chi connectivity index (χ4v) is 4.08. The van der Waals surface area contributed by atoms with Crippen LogP contribution >= 0.6 is 0 Å². The molecule has 0 spiro atoms. The van der Waals surface area contributed by atoms with Crippen LogP contribution in [-0.2, 0) is 9.53 Å². The molecule has 7 heteroatoms. The van der Waals surface area contributed by atoms with E-state index in [-0.39, 0.29) is 24.2 Å². The van der Waals surface area contributed by atoms with Crippen LogP contribution in [-0.4, -0.2) is 60.5 Å². The zero-order valence-electron chi connectivity index (χ0n) is 17.1. The van der Waals surface area contributed by atoms with Gasteiger partial charge in [-0.3, -0.25) is 9.69 Å². The van der Waals surface area contributed by atoms with Crippen LogP contribution in [0.5, 0.6) is 5.75 Å². The van der Waals surface area contributed by atoms with E-state index in [4.69, 9.17) is 19.0 Å². The van der Waals surface area contributed by atoms with E-state index < -0.39 is 0 Å². The highest BCUT2D eigenvalue weighted by Gasteiger charge is 2.36. The van der Waals surface area contributed by atoms with Crippen LogP contribution in [0.15, 0.2) is 52.2 Å². The van der Waals surface area contributed by atoms with Crippen molar-refractivity contribution in [2.75, 3.05) is 26.7 Å². The minimum absolute atomic E-state index is 0.0313. The van der Waals surface area contributed by atoms with Gasteiger partial charge < -0.3 is 13.9 Å². The molecular weight excluding hydrogens is 370 g/mol. The van der Waals surface area contributed by atoms with Crippen LogP contribution in [0.1, 0.15) is 37.6 Å². The summed E-state index contributed by atoms with van der Waals surface area (Å²) in [7, 11) is 1.64. The monoisotopic (exact) mass is 397 g/mol. The molecule has 3 atom stereocenters. The van der Waals surface area contributed by atoms with Gasteiger partial charge in [-0.15, -0.1) is 0 Å². The van der Waals surface area contributed by atoms with E-state index in [1.807, 2.05) is 50.2 Å². The minimum atomic E-state index is -0.231. The van der Waals surface area contributed by atoms with Crippen molar-refractivity contribution in [3.8, 4) is 5.75 Å². The smallest absolute Gasteiger partial charge is 0.257 e. The number of hydrogen-bond acceptors (Lipinski definition) is 6. The number of rotatable bonds is 5. The van der Waals surface area contributed by atoms with E-state index in [9.17, 15) is 4.79 Å². The molecule has 4 rings (SSSR count). The summed E-state index contributed by atoms with van der Waals surface area (Å²) >= 11 is 0. The molecule has 2 aliphatic rings. The topological polar surface area (TPSA) is 67.5 Å². The lowest BCUT2D eigenvalue weighted by atomic mass is 10.0. The first-order chi connectivity index (χ1) is 14.0. The Labute approximate surface area is 170 Å². The van der Waals surface area contributed by atoms with E-state index in [0.717, 1.165) is 35.9 Å². The number of carbonyl (C=O) groups is 1. The van der Waals surface area contributed by atoms with Crippen molar-refractivity contribution in [2.24, 2.45) is 5.10 Å². The first-order valence-corrected chi connectivity index (χ1v) is 9.98. The van der Waals surface area contributed by atoms with Crippen molar-refractivity contribution in [3.63, 3.8) is 0 Å². The van der Waals surface area contributed by atoms with Crippen LogP contribution < -0.4 is 4.74 Å². The van der Waals surface area contributed by atoms with Gasteiger partial charge in [0, 0.05) is 19.5 Å². The number of morpholine rings is 1. The molecule has 0 saturated carbocycles. The first-order valence-electron chi connectivity index (χ1n) is 9.98. The van der Waals surface area contributed by atoms with Crippen molar-refractivity contribution in [1.82, 2.24) is 9.91 Å². The van der Waals surface area contributed by atoms with Crippen molar-refractivity contribution >= 4 is 11.6 Å². The fraction of sp³-hybridized carbons (Fsp3) is 0.455. The molecule has 2 aliphatic heterocycles. The normalized spacial score (nSPS) is 25.1. The molecule has 0 N–H and O–H groups in total. The van der Waals surface area contributed by atoms with Crippen molar-refractivity contribution in [3.05, 3.63) is 54.0 Å². The van der Waals surface area contributed by atoms with Gasteiger partial charge in [0.05, 0.1) is 37.8 Å². The number of hydrogen-bond donors (Lipinski definition) is 0. The van der Waals surface area contributed by atoms with Gasteiger partial charge in [-0.25, -0.2) is 5.01 Å². The molecule has 3 heterocycles. The van der Waals surface area contributed by atoms with Crippen molar-refractivity contribution < 1.29 is 18.7 Å². The van der Waals surface area contributed by atoms with Gasteiger partial charge in [0.1, 0.15) is 17.6 Å². The van der Waals surface area contributed by atoms with E-state index in [1.54, 1.807) is 18.4 Å². The number of amides is 1. The van der Waals surface area contributed by atoms with Gasteiger partial charge in [0.2, 0.25) is 0 Å².